The van der Waals surface area contributed by atoms with Gasteiger partial charge in [-0.25, -0.2) is 4.79 Å². The summed E-state index contributed by atoms with van der Waals surface area (Å²) in [4.78, 5) is 38.5. The number of likely N-dealkylation sites (tertiary alicyclic amines) is 1. The van der Waals surface area contributed by atoms with E-state index in [4.69, 9.17) is 0 Å². The van der Waals surface area contributed by atoms with E-state index in [0.29, 0.717) is 36.4 Å². The van der Waals surface area contributed by atoms with Gasteiger partial charge in [0.25, 0.3) is 0 Å². The monoisotopic (exact) mass is 394 g/mol. The Kier molecular flexibility index (Phi) is 6.84. The van der Waals surface area contributed by atoms with Crippen LogP contribution in [0.2, 0.25) is 0 Å². The van der Waals surface area contributed by atoms with E-state index in [0.717, 1.165) is 12.8 Å². The van der Waals surface area contributed by atoms with Gasteiger partial charge in [0.15, 0.2) is 0 Å². The molecule has 1 aliphatic rings. The average Bonchev–Trinajstić information content (AvgIpc) is 2.75. The maximum absolute atomic E-state index is 12.7. The van der Waals surface area contributed by atoms with Crippen LogP contribution < -0.4 is 16.0 Å². The first-order valence-electron chi connectivity index (χ1n) is 9.90. The smallest absolute Gasteiger partial charge is 0.323 e. The Bertz CT molecular complexity index is 852. The van der Waals surface area contributed by atoms with Crippen molar-refractivity contribution in [3.63, 3.8) is 0 Å². The van der Waals surface area contributed by atoms with Gasteiger partial charge in [0, 0.05) is 30.0 Å². The van der Waals surface area contributed by atoms with E-state index in [1.807, 2.05) is 25.1 Å². The van der Waals surface area contributed by atoms with Crippen LogP contribution in [0.4, 0.5) is 21.9 Å². The summed E-state index contributed by atoms with van der Waals surface area (Å²) in [5, 5.41) is 8.37. The molecule has 4 amide bonds. The quantitative estimate of drug-likeness (QED) is 0.714. The lowest BCUT2D eigenvalue weighted by Crippen LogP contribution is -2.49. The highest BCUT2D eigenvalue weighted by Gasteiger charge is 2.31. The lowest BCUT2D eigenvalue weighted by molar-refractivity contribution is -0.140. The highest BCUT2D eigenvalue weighted by Crippen LogP contribution is 2.21. The number of carbonyl (C=O) groups excluding carboxylic acids is 3. The maximum Gasteiger partial charge on any atom is 0.323 e. The highest BCUT2D eigenvalue weighted by atomic mass is 16.2. The van der Waals surface area contributed by atoms with Gasteiger partial charge in [-0.3, -0.25) is 9.59 Å². The Morgan fingerprint density at radius 1 is 0.862 bits per heavy atom. The number of nitrogens with one attached hydrogen (secondary N) is 3. The lowest BCUT2D eigenvalue weighted by Gasteiger charge is -2.34. The standard InChI is InChI=1S/C22H26N4O3/c1-2-20(27)26-15-7-6-10-19(26)21(28)23-17-11-13-18(14-12-17)25-22(29)24-16-8-4-3-5-9-16/h3-5,8-9,11-14,19H,2,6-7,10,15H2,1H3,(H,23,28)(H2,24,25,29). The third-order valence-electron chi connectivity index (χ3n) is 4.87. The summed E-state index contributed by atoms with van der Waals surface area (Å²) in [5.74, 6) is -0.164. The van der Waals surface area contributed by atoms with Crippen molar-refractivity contribution in [1.82, 2.24) is 4.90 Å². The molecule has 1 saturated heterocycles. The first kappa shape index (κ1) is 20.4. The minimum atomic E-state index is -0.425. The second-order valence-electron chi connectivity index (χ2n) is 6.96. The number of hydrogen-bond acceptors (Lipinski definition) is 3. The molecule has 0 saturated carbocycles. The van der Waals surface area contributed by atoms with Crippen molar-refractivity contribution in [3.05, 3.63) is 54.6 Å². The normalized spacial score (nSPS) is 16.0. The second kappa shape index (κ2) is 9.73. The molecule has 1 atom stereocenters. The Balaban J connectivity index is 1.56. The lowest BCUT2D eigenvalue weighted by atomic mass is 10.0. The van der Waals surface area contributed by atoms with E-state index < -0.39 is 6.04 Å². The largest absolute Gasteiger partial charge is 0.331 e. The molecule has 7 heteroatoms. The topological polar surface area (TPSA) is 90.5 Å². The molecule has 2 aromatic rings. The predicted octanol–water partition coefficient (Wildman–Crippen LogP) is 4.06. The number of benzene rings is 2. The Morgan fingerprint density at radius 2 is 1.45 bits per heavy atom. The van der Waals surface area contributed by atoms with Gasteiger partial charge in [0.2, 0.25) is 11.8 Å². The summed E-state index contributed by atoms with van der Waals surface area (Å²) in [6, 6.07) is 15.3. The van der Waals surface area contributed by atoms with Crippen LogP contribution in [-0.4, -0.2) is 35.3 Å². The van der Waals surface area contributed by atoms with Gasteiger partial charge in [0.1, 0.15) is 6.04 Å². The molecule has 0 bridgehead atoms. The number of rotatable bonds is 5. The number of amides is 4. The molecule has 0 radical (unpaired) electrons. The highest BCUT2D eigenvalue weighted by molar-refractivity contribution is 6.00. The average molecular weight is 394 g/mol. The summed E-state index contributed by atoms with van der Waals surface area (Å²) in [6.07, 6.45) is 2.94. The van der Waals surface area contributed by atoms with Crippen molar-refractivity contribution in [2.45, 2.75) is 38.6 Å². The third-order valence-corrected chi connectivity index (χ3v) is 4.87. The molecule has 0 aliphatic carbocycles. The maximum atomic E-state index is 12.7. The Hall–Kier alpha value is -3.35. The van der Waals surface area contributed by atoms with Crippen molar-refractivity contribution >= 4 is 34.9 Å². The number of hydrogen-bond donors (Lipinski definition) is 3. The van der Waals surface area contributed by atoms with Crippen molar-refractivity contribution in [2.75, 3.05) is 22.5 Å². The molecule has 2 aromatic carbocycles. The van der Waals surface area contributed by atoms with Gasteiger partial charge in [-0.15, -0.1) is 0 Å². The first-order valence-corrected chi connectivity index (χ1v) is 9.90. The van der Waals surface area contributed by atoms with Crippen LogP contribution in [0.1, 0.15) is 32.6 Å². The van der Waals surface area contributed by atoms with Crippen LogP contribution in [0.3, 0.4) is 0 Å². The fraction of sp³-hybridized carbons (Fsp3) is 0.318. The molecular weight excluding hydrogens is 368 g/mol. The molecular formula is C22H26N4O3. The zero-order valence-corrected chi connectivity index (χ0v) is 16.5. The van der Waals surface area contributed by atoms with Crippen LogP contribution in [0.15, 0.2) is 54.6 Å². The van der Waals surface area contributed by atoms with E-state index in [1.54, 1.807) is 41.3 Å². The molecule has 29 heavy (non-hydrogen) atoms. The molecule has 1 aliphatic heterocycles. The minimum absolute atomic E-state index is 0.00817. The van der Waals surface area contributed by atoms with Gasteiger partial charge < -0.3 is 20.9 Å². The molecule has 3 N–H and O–H groups in total. The summed E-state index contributed by atoms with van der Waals surface area (Å²) in [5.41, 5.74) is 1.93. The number of piperidine rings is 1. The number of para-hydroxylation sites is 1. The molecule has 0 aromatic heterocycles. The van der Waals surface area contributed by atoms with E-state index >= 15 is 0 Å². The van der Waals surface area contributed by atoms with Gasteiger partial charge in [-0.05, 0) is 55.7 Å². The third kappa shape index (κ3) is 5.57. The Labute approximate surface area is 170 Å². The summed E-state index contributed by atoms with van der Waals surface area (Å²) in [7, 11) is 0. The summed E-state index contributed by atoms with van der Waals surface area (Å²) in [6.45, 7) is 2.44. The van der Waals surface area contributed by atoms with Crippen LogP contribution in [0.5, 0.6) is 0 Å². The second-order valence-corrected chi connectivity index (χ2v) is 6.96. The first-order chi connectivity index (χ1) is 14.1. The summed E-state index contributed by atoms with van der Waals surface area (Å²) < 4.78 is 0. The van der Waals surface area contributed by atoms with Crippen LogP contribution >= 0.6 is 0 Å². The molecule has 0 spiro atoms. The fourth-order valence-electron chi connectivity index (χ4n) is 3.38. The Morgan fingerprint density at radius 3 is 2.07 bits per heavy atom. The molecule has 1 fully saturated rings. The van der Waals surface area contributed by atoms with E-state index in [9.17, 15) is 14.4 Å². The number of nitrogens with zero attached hydrogens (tertiary/aromatic N) is 1. The number of anilines is 3. The molecule has 1 heterocycles. The SMILES string of the molecule is CCC(=O)N1CCCCC1C(=O)Nc1ccc(NC(=O)Nc2ccccc2)cc1. The minimum Gasteiger partial charge on any atom is -0.331 e. The molecule has 1 unspecified atom stereocenters. The van der Waals surface area contributed by atoms with Crippen molar-refractivity contribution < 1.29 is 14.4 Å². The van der Waals surface area contributed by atoms with Crippen LogP contribution in [0, 0.1) is 0 Å². The summed E-state index contributed by atoms with van der Waals surface area (Å²) >= 11 is 0. The molecule has 3 rings (SSSR count). The van der Waals surface area contributed by atoms with E-state index in [2.05, 4.69) is 16.0 Å². The fourth-order valence-corrected chi connectivity index (χ4v) is 3.38. The van der Waals surface area contributed by atoms with Crippen molar-refractivity contribution in [1.29, 1.82) is 0 Å². The van der Waals surface area contributed by atoms with Crippen LogP contribution in [-0.2, 0) is 9.59 Å². The van der Waals surface area contributed by atoms with Gasteiger partial charge >= 0.3 is 6.03 Å². The zero-order valence-electron chi connectivity index (χ0n) is 16.5. The van der Waals surface area contributed by atoms with Gasteiger partial charge in [-0.2, -0.15) is 0 Å². The zero-order chi connectivity index (χ0) is 20.6. The van der Waals surface area contributed by atoms with Gasteiger partial charge in [0.05, 0.1) is 0 Å². The number of carbonyl (C=O) groups is 3. The van der Waals surface area contributed by atoms with Gasteiger partial charge in [-0.1, -0.05) is 25.1 Å². The van der Waals surface area contributed by atoms with Crippen molar-refractivity contribution in [2.24, 2.45) is 0 Å². The van der Waals surface area contributed by atoms with Crippen molar-refractivity contribution in [3.8, 4) is 0 Å². The van der Waals surface area contributed by atoms with E-state index in [-0.39, 0.29) is 17.8 Å². The van der Waals surface area contributed by atoms with E-state index in [1.165, 1.54) is 0 Å². The number of urea groups is 1. The predicted molar refractivity (Wildman–Crippen MR) is 114 cm³/mol. The van der Waals surface area contributed by atoms with Crippen LogP contribution in [0.25, 0.3) is 0 Å². The molecule has 7 nitrogen and oxygen atoms in total. The molecule has 152 valence electrons.